The molecule has 1 aliphatic heterocycles. The van der Waals surface area contributed by atoms with Gasteiger partial charge in [-0.15, -0.1) is 0 Å². The Bertz CT molecular complexity index is 628. The molecule has 1 aliphatic carbocycles. The summed E-state index contributed by atoms with van der Waals surface area (Å²) in [7, 11) is 0. The zero-order valence-corrected chi connectivity index (χ0v) is 11.1. The quantitative estimate of drug-likeness (QED) is 0.772. The van der Waals surface area contributed by atoms with Crippen LogP contribution in [0.3, 0.4) is 0 Å². The van der Waals surface area contributed by atoms with Crippen molar-refractivity contribution in [3.63, 3.8) is 0 Å². The fraction of sp³-hybridized carbons (Fsp3) is 0.412. The molecule has 19 heavy (non-hydrogen) atoms. The Morgan fingerprint density at radius 3 is 2.68 bits per heavy atom. The third-order valence-corrected chi connectivity index (χ3v) is 4.73. The Hall–Kier alpha value is -1.54. The number of rotatable bonds is 0. The summed E-state index contributed by atoms with van der Waals surface area (Å²) in [5.41, 5.74) is 7.71. The summed E-state index contributed by atoms with van der Waals surface area (Å²) in [6.45, 7) is 0. The van der Waals surface area contributed by atoms with Gasteiger partial charge < -0.3 is 10.5 Å². The van der Waals surface area contributed by atoms with Crippen molar-refractivity contribution in [1.29, 1.82) is 0 Å². The molecule has 0 saturated heterocycles. The first-order valence-corrected chi connectivity index (χ1v) is 7.24. The molecule has 2 aliphatic rings. The Kier molecular flexibility index (Phi) is 2.36. The molecule has 1 heterocycles. The van der Waals surface area contributed by atoms with E-state index >= 15 is 0 Å². The second kappa shape index (κ2) is 3.97. The third-order valence-electron chi connectivity index (χ3n) is 4.73. The van der Waals surface area contributed by atoms with Gasteiger partial charge in [-0.3, -0.25) is 0 Å². The first-order chi connectivity index (χ1) is 9.27. The van der Waals surface area contributed by atoms with Crippen LogP contribution < -0.4 is 10.5 Å². The summed E-state index contributed by atoms with van der Waals surface area (Å²) in [5, 5.41) is 2.50. The number of hydrogen-bond donors (Lipinski definition) is 1. The number of ether oxygens (including phenoxy) is 1. The zero-order valence-electron chi connectivity index (χ0n) is 11.1. The van der Waals surface area contributed by atoms with Crippen LogP contribution in [0.15, 0.2) is 36.4 Å². The van der Waals surface area contributed by atoms with Crippen molar-refractivity contribution in [2.24, 2.45) is 5.73 Å². The van der Waals surface area contributed by atoms with Crippen molar-refractivity contribution in [3.8, 4) is 5.75 Å². The summed E-state index contributed by atoms with van der Waals surface area (Å²) in [5.74, 6) is 1.01. The summed E-state index contributed by atoms with van der Waals surface area (Å²) < 4.78 is 6.38. The van der Waals surface area contributed by atoms with Crippen molar-refractivity contribution < 1.29 is 4.74 Å². The van der Waals surface area contributed by atoms with Gasteiger partial charge in [-0.1, -0.05) is 30.3 Å². The van der Waals surface area contributed by atoms with Gasteiger partial charge in [0.25, 0.3) is 0 Å². The Balaban J connectivity index is 1.89. The zero-order chi connectivity index (χ0) is 12.9. The predicted molar refractivity (Wildman–Crippen MR) is 77.3 cm³/mol. The summed E-state index contributed by atoms with van der Waals surface area (Å²) in [6.07, 6.45) is 5.83. The van der Waals surface area contributed by atoms with Gasteiger partial charge in [0.05, 0.1) is 0 Å². The second-order valence-corrected chi connectivity index (χ2v) is 6.00. The maximum Gasteiger partial charge on any atom is 0.125 e. The van der Waals surface area contributed by atoms with Crippen LogP contribution in [0.2, 0.25) is 0 Å². The lowest BCUT2D eigenvalue weighted by Gasteiger charge is -2.39. The lowest BCUT2D eigenvalue weighted by Crippen LogP contribution is -2.40. The molecule has 0 aromatic heterocycles. The van der Waals surface area contributed by atoms with Gasteiger partial charge in [-0.2, -0.15) is 0 Å². The minimum Gasteiger partial charge on any atom is -0.487 e. The molecule has 0 amide bonds. The molecule has 98 valence electrons. The number of hydrogen-bond acceptors (Lipinski definition) is 2. The molecule has 1 unspecified atom stereocenters. The highest BCUT2D eigenvalue weighted by Crippen LogP contribution is 2.48. The average molecular weight is 253 g/mol. The van der Waals surface area contributed by atoms with E-state index in [4.69, 9.17) is 10.5 Å². The van der Waals surface area contributed by atoms with Gasteiger partial charge in [0.15, 0.2) is 0 Å². The van der Waals surface area contributed by atoms with Crippen molar-refractivity contribution in [3.05, 3.63) is 42.0 Å². The van der Waals surface area contributed by atoms with E-state index in [1.54, 1.807) is 0 Å². The highest BCUT2D eigenvalue weighted by molar-refractivity contribution is 5.88. The third kappa shape index (κ3) is 1.67. The highest BCUT2D eigenvalue weighted by Gasteiger charge is 2.42. The van der Waals surface area contributed by atoms with E-state index in [0.29, 0.717) is 0 Å². The standard InChI is InChI=1S/C17H19NO/c18-14-11-17(9-3-4-10-17)19-15-8-7-12-5-1-2-6-13(12)16(14)15/h1-2,5-8,14H,3-4,9-11,18H2. The lowest BCUT2D eigenvalue weighted by atomic mass is 9.84. The smallest absolute Gasteiger partial charge is 0.125 e. The van der Waals surface area contributed by atoms with Gasteiger partial charge in [-0.25, -0.2) is 0 Å². The molecule has 0 radical (unpaired) electrons. The highest BCUT2D eigenvalue weighted by atomic mass is 16.5. The minimum atomic E-state index is 0.0227. The molecule has 0 bridgehead atoms. The van der Waals surface area contributed by atoms with Crippen molar-refractivity contribution >= 4 is 10.8 Å². The van der Waals surface area contributed by atoms with E-state index < -0.39 is 0 Å². The van der Waals surface area contributed by atoms with E-state index in [2.05, 4.69) is 36.4 Å². The molecule has 1 spiro atoms. The molecule has 2 aromatic carbocycles. The predicted octanol–water partition coefficient (Wildman–Crippen LogP) is 3.93. The fourth-order valence-corrected chi connectivity index (χ4v) is 3.85. The summed E-state index contributed by atoms with van der Waals surface area (Å²) >= 11 is 0. The topological polar surface area (TPSA) is 35.2 Å². The molecule has 1 fully saturated rings. The molecule has 1 saturated carbocycles. The summed E-state index contributed by atoms with van der Waals surface area (Å²) in [4.78, 5) is 0. The monoisotopic (exact) mass is 253 g/mol. The Morgan fingerprint density at radius 1 is 1.05 bits per heavy atom. The molecular formula is C17H19NO. The molecule has 4 rings (SSSR count). The van der Waals surface area contributed by atoms with E-state index in [1.165, 1.54) is 29.2 Å². The van der Waals surface area contributed by atoms with Gasteiger partial charge in [-0.05, 0) is 42.5 Å². The van der Waals surface area contributed by atoms with Crippen molar-refractivity contribution in [1.82, 2.24) is 0 Å². The van der Waals surface area contributed by atoms with Gasteiger partial charge >= 0.3 is 0 Å². The van der Waals surface area contributed by atoms with E-state index in [-0.39, 0.29) is 11.6 Å². The first-order valence-electron chi connectivity index (χ1n) is 7.24. The van der Waals surface area contributed by atoms with E-state index in [1.807, 2.05) is 0 Å². The maximum absolute atomic E-state index is 6.49. The van der Waals surface area contributed by atoms with Crippen molar-refractivity contribution in [2.45, 2.75) is 43.7 Å². The molecule has 2 nitrogen and oxygen atoms in total. The molecule has 2 aromatic rings. The van der Waals surface area contributed by atoms with Crippen LogP contribution in [-0.2, 0) is 0 Å². The first kappa shape index (κ1) is 11.3. The van der Waals surface area contributed by atoms with Gasteiger partial charge in [0, 0.05) is 18.0 Å². The van der Waals surface area contributed by atoms with Crippen LogP contribution in [0.25, 0.3) is 10.8 Å². The van der Waals surface area contributed by atoms with Gasteiger partial charge in [0.2, 0.25) is 0 Å². The van der Waals surface area contributed by atoms with Crippen molar-refractivity contribution in [2.75, 3.05) is 0 Å². The largest absolute Gasteiger partial charge is 0.487 e. The normalized spacial score (nSPS) is 24.4. The van der Waals surface area contributed by atoms with Crippen LogP contribution in [0.5, 0.6) is 5.75 Å². The van der Waals surface area contributed by atoms with Crippen LogP contribution in [0.4, 0.5) is 0 Å². The average Bonchev–Trinajstić information content (AvgIpc) is 2.85. The second-order valence-electron chi connectivity index (χ2n) is 6.00. The van der Waals surface area contributed by atoms with E-state index in [0.717, 1.165) is 25.0 Å². The van der Waals surface area contributed by atoms with E-state index in [9.17, 15) is 0 Å². The van der Waals surface area contributed by atoms with Gasteiger partial charge in [0.1, 0.15) is 11.4 Å². The molecule has 2 N–H and O–H groups in total. The molecular weight excluding hydrogens is 234 g/mol. The lowest BCUT2D eigenvalue weighted by molar-refractivity contribution is 0.0432. The van der Waals surface area contributed by atoms with Crippen LogP contribution in [0.1, 0.15) is 43.7 Å². The molecule has 1 atom stereocenters. The number of benzene rings is 2. The maximum atomic E-state index is 6.49. The minimum absolute atomic E-state index is 0.0227. The molecule has 2 heteroatoms. The van der Waals surface area contributed by atoms with Crippen LogP contribution in [-0.4, -0.2) is 5.60 Å². The summed E-state index contributed by atoms with van der Waals surface area (Å²) in [6, 6.07) is 12.8. The number of nitrogens with two attached hydrogens (primary N) is 1. The van der Waals surface area contributed by atoms with Crippen LogP contribution in [0, 0.1) is 0 Å². The SMILES string of the molecule is NC1CC2(CCCC2)Oc2ccc3ccccc3c21. The fourth-order valence-electron chi connectivity index (χ4n) is 3.85. The van der Waals surface area contributed by atoms with Crippen LogP contribution >= 0.6 is 0 Å². The Morgan fingerprint density at radius 2 is 1.84 bits per heavy atom. The Labute approximate surface area is 113 Å². The number of fused-ring (bicyclic) bond motifs is 3.